The van der Waals surface area contributed by atoms with Gasteiger partial charge in [-0.25, -0.2) is 4.39 Å². The molecular formula is C19H19FN4O4S. The summed E-state index contributed by atoms with van der Waals surface area (Å²) in [6, 6.07) is 11.4. The van der Waals surface area contributed by atoms with Crippen molar-refractivity contribution in [3.8, 4) is 11.5 Å². The van der Waals surface area contributed by atoms with E-state index < -0.39 is 5.91 Å². The van der Waals surface area contributed by atoms with Gasteiger partial charge in [-0.3, -0.25) is 15.6 Å². The zero-order chi connectivity index (χ0) is 20.6. The van der Waals surface area contributed by atoms with Crippen LogP contribution in [0.2, 0.25) is 0 Å². The molecule has 0 aliphatic carbocycles. The first kappa shape index (κ1) is 20.3. The van der Waals surface area contributed by atoms with Crippen molar-refractivity contribution in [2.24, 2.45) is 5.16 Å². The number of hydrazine groups is 1. The number of benzene rings is 2. The third-order valence-electron chi connectivity index (χ3n) is 3.87. The minimum absolute atomic E-state index is 0.194. The fourth-order valence-electron chi connectivity index (χ4n) is 2.35. The van der Waals surface area contributed by atoms with Crippen LogP contribution >= 0.6 is 12.2 Å². The lowest BCUT2D eigenvalue weighted by molar-refractivity contribution is -0.126. The molecule has 0 radical (unpaired) electrons. The van der Waals surface area contributed by atoms with E-state index in [0.717, 1.165) is 11.1 Å². The molecule has 2 aromatic rings. The van der Waals surface area contributed by atoms with E-state index in [1.807, 2.05) is 6.07 Å². The molecule has 1 aliphatic heterocycles. The molecule has 152 valence electrons. The van der Waals surface area contributed by atoms with Crippen LogP contribution in [0.1, 0.15) is 18.1 Å². The normalized spacial score (nSPS) is 12.3. The van der Waals surface area contributed by atoms with Gasteiger partial charge in [0.2, 0.25) is 6.79 Å². The van der Waals surface area contributed by atoms with Gasteiger partial charge < -0.3 is 19.6 Å². The first-order valence-electron chi connectivity index (χ1n) is 8.65. The molecule has 0 unspecified atom stereocenters. The Labute approximate surface area is 172 Å². The highest BCUT2D eigenvalue weighted by Crippen LogP contribution is 2.32. The summed E-state index contributed by atoms with van der Waals surface area (Å²) in [4.78, 5) is 16.9. The van der Waals surface area contributed by atoms with E-state index in [1.54, 1.807) is 31.2 Å². The number of hydrogen-bond donors (Lipinski definition) is 3. The number of halogens is 1. The number of thiocarbonyl (C=S) groups is 1. The number of oxime groups is 1. The summed E-state index contributed by atoms with van der Waals surface area (Å²) in [6.07, 6.45) is 0. The summed E-state index contributed by atoms with van der Waals surface area (Å²) in [7, 11) is 0. The standard InChI is InChI=1S/C19H19FN4O4S/c1-12(14-4-7-16-17(8-14)27-11-26-16)24-28-10-18(25)22-23-19(29)21-9-13-2-5-15(20)6-3-13/h2-8H,9-11H2,1H3,(H,22,25)(H2,21,23,29)/b24-12-. The molecule has 2 aromatic carbocycles. The maximum atomic E-state index is 12.9. The Hall–Kier alpha value is -3.40. The quantitative estimate of drug-likeness (QED) is 0.375. The summed E-state index contributed by atoms with van der Waals surface area (Å²) in [5, 5.41) is 7.02. The lowest BCUT2D eigenvalue weighted by Gasteiger charge is -2.11. The van der Waals surface area contributed by atoms with Crippen LogP contribution < -0.4 is 25.6 Å². The molecule has 1 heterocycles. The second kappa shape index (κ2) is 9.69. The predicted octanol–water partition coefficient (Wildman–Crippen LogP) is 1.99. The van der Waals surface area contributed by atoms with Gasteiger partial charge in [0.05, 0.1) is 5.71 Å². The molecule has 1 aliphatic rings. The Morgan fingerprint density at radius 1 is 1.17 bits per heavy atom. The smallest absolute Gasteiger partial charge is 0.279 e. The molecule has 10 heteroatoms. The number of ether oxygens (including phenoxy) is 2. The van der Waals surface area contributed by atoms with Crippen LogP contribution in [0.15, 0.2) is 47.6 Å². The summed E-state index contributed by atoms with van der Waals surface area (Å²) in [5.74, 6) is 0.550. The van der Waals surface area contributed by atoms with Crippen LogP contribution in [0.5, 0.6) is 11.5 Å². The Bertz CT molecular complexity index is 921. The zero-order valence-electron chi connectivity index (χ0n) is 15.5. The van der Waals surface area contributed by atoms with Gasteiger partial charge in [-0.2, -0.15) is 0 Å². The highest BCUT2D eigenvalue weighted by Gasteiger charge is 2.14. The molecule has 0 aromatic heterocycles. The van der Waals surface area contributed by atoms with E-state index in [-0.39, 0.29) is 24.3 Å². The molecule has 0 saturated carbocycles. The number of fused-ring (bicyclic) bond motifs is 1. The summed E-state index contributed by atoms with van der Waals surface area (Å²) < 4.78 is 23.4. The monoisotopic (exact) mass is 418 g/mol. The molecule has 0 bridgehead atoms. The van der Waals surface area contributed by atoms with Crippen LogP contribution in [-0.4, -0.2) is 30.1 Å². The maximum Gasteiger partial charge on any atom is 0.279 e. The second-order valence-electron chi connectivity index (χ2n) is 6.00. The number of rotatable bonds is 6. The Kier molecular flexibility index (Phi) is 6.80. The number of carbonyl (C=O) groups is 1. The van der Waals surface area contributed by atoms with Gasteiger partial charge in [-0.15, -0.1) is 0 Å². The van der Waals surface area contributed by atoms with Gasteiger partial charge in [-0.1, -0.05) is 17.3 Å². The molecular weight excluding hydrogens is 399 g/mol. The van der Waals surface area contributed by atoms with E-state index in [2.05, 4.69) is 21.3 Å². The van der Waals surface area contributed by atoms with Crippen molar-refractivity contribution in [3.63, 3.8) is 0 Å². The number of nitrogens with zero attached hydrogens (tertiary/aromatic N) is 1. The second-order valence-corrected chi connectivity index (χ2v) is 6.41. The number of nitrogens with one attached hydrogen (secondary N) is 3. The summed E-state index contributed by atoms with van der Waals surface area (Å²) >= 11 is 5.05. The lowest BCUT2D eigenvalue weighted by Crippen LogP contribution is -2.47. The van der Waals surface area contributed by atoms with Crippen LogP contribution in [0.4, 0.5) is 4.39 Å². The van der Waals surface area contributed by atoms with Crippen LogP contribution in [0, 0.1) is 5.82 Å². The van der Waals surface area contributed by atoms with Crippen molar-refractivity contribution in [3.05, 3.63) is 59.4 Å². The summed E-state index contributed by atoms with van der Waals surface area (Å²) in [6.45, 7) is 2.04. The van der Waals surface area contributed by atoms with E-state index in [9.17, 15) is 9.18 Å². The molecule has 0 spiro atoms. The molecule has 1 amide bonds. The van der Waals surface area contributed by atoms with Gasteiger partial charge in [0.25, 0.3) is 5.91 Å². The average Bonchev–Trinajstić information content (AvgIpc) is 3.19. The Balaban J connectivity index is 1.36. The first-order valence-corrected chi connectivity index (χ1v) is 9.06. The van der Waals surface area contributed by atoms with Crippen LogP contribution in [0.3, 0.4) is 0 Å². The highest BCUT2D eigenvalue weighted by molar-refractivity contribution is 7.80. The van der Waals surface area contributed by atoms with Gasteiger partial charge >= 0.3 is 0 Å². The number of carbonyl (C=O) groups excluding carboxylic acids is 1. The molecule has 0 saturated heterocycles. The average molecular weight is 418 g/mol. The number of amides is 1. The largest absolute Gasteiger partial charge is 0.454 e. The van der Waals surface area contributed by atoms with Gasteiger partial charge in [0.1, 0.15) is 5.82 Å². The van der Waals surface area contributed by atoms with Crippen molar-refractivity contribution < 1.29 is 23.5 Å². The predicted molar refractivity (Wildman–Crippen MR) is 108 cm³/mol. The van der Waals surface area contributed by atoms with Crippen LogP contribution in [-0.2, 0) is 16.2 Å². The minimum Gasteiger partial charge on any atom is -0.454 e. The SMILES string of the molecule is C/C(=N/OCC(=O)NNC(=S)NCc1ccc(F)cc1)c1ccc2c(c1)OCO2. The molecule has 3 N–H and O–H groups in total. The van der Waals surface area contributed by atoms with Crippen molar-refractivity contribution in [2.45, 2.75) is 13.5 Å². The van der Waals surface area contributed by atoms with Crippen molar-refractivity contribution in [1.82, 2.24) is 16.2 Å². The first-order chi connectivity index (χ1) is 14.0. The van der Waals surface area contributed by atoms with E-state index in [4.69, 9.17) is 26.5 Å². The van der Waals surface area contributed by atoms with E-state index in [1.165, 1.54) is 12.1 Å². The summed E-state index contributed by atoms with van der Waals surface area (Å²) in [5.41, 5.74) is 7.16. The van der Waals surface area contributed by atoms with E-state index >= 15 is 0 Å². The van der Waals surface area contributed by atoms with E-state index in [0.29, 0.717) is 23.8 Å². The van der Waals surface area contributed by atoms with Crippen LogP contribution in [0.25, 0.3) is 0 Å². The topological polar surface area (TPSA) is 93.2 Å². The van der Waals surface area contributed by atoms with Crippen molar-refractivity contribution in [1.29, 1.82) is 0 Å². The Morgan fingerprint density at radius 2 is 1.93 bits per heavy atom. The third-order valence-corrected chi connectivity index (χ3v) is 4.12. The molecule has 3 rings (SSSR count). The van der Waals surface area contributed by atoms with Crippen molar-refractivity contribution in [2.75, 3.05) is 13.4 Å². The number of hydrogen-bond acceptors (Lipinski definition) is 6. The fraction of sp³-hybridized carbons (Fsp3) is 0.211. The molecule has 29 heavy (non-hydrogen) atoms. The third kappa shape index (κ3) is 6.04. The molecule has 0 atom stereocenters. The highest BCUT2D eigenvalue weighted by atomic mass is 32.1. The molecule has 0 fully saturated rings. The van der Waals surface area contributed by atoms with Crippen molar-refractivity contribution >= 4 is 28.9 Å². The lowest BCUT2D eigenvalue weighted by atomic mass is 10.1. The molecule has 8 nitrogen and oxygen atoms in total. The maximum absolute atomic E-state index is 12.9. The minimum atomic E-state index is -0.460. The fourth-order valence-corrected chi connectivity index (χ4v) is 2.48. The van der Waals surface area contributed by atoms with Gasteiger partial charge in [-0.05, 0) is 55.0 Å². The Morgan fingerprint density at radius 3 is 2.72 bits per heavy atom. The zero-order valence-corrected chi connectivity index (χ0v) is 16.3. The van der Waals surface area contributed by atoms with Gasteiger partial charge in [0, 0.05) is 12.1 Å². The van der Waals surface area contributed by atoms with Gasteiger partial charge in [0.15, 0.2) is 23.2 Å².